The molecule has 0 spiro atoms. The van der Waals surface area contributed by atoms with Crippen LogP contribution in [0.1, 0.15) is 62.7 Å². The Morgan fingerprint density at radius 1 is 1.21 bits per heavy atom. The minimum Gasteiger partial charge on any atom is -0.326 e. The first-order chi connectivity index (χ1) is 13.6. The molecule has 4 rings (SSSR count). The number of aromatic nitrogens is 2. The van der Waals surface area contributed by atoms with E-state index in [2.05, 4.69) is 27.4 Å². The zero-order chi connectivity index (χ0) is 19.6. The number of likely N-dealkylation sites (tertiary alicyclic amines) is 1. The number of imidazole rings is 1. The molecule has 1 aromatic carbocycles. The fourth-order valence-electron chi connectivity index (χ4n) is 5.13. The van der Waals surface area contributed by atoms with Crippen molar-refractivity contribution in [1.29, 1.82) is 5.26 Å². The van der Waals surface area contributed by atoms with Crippen molar-refractivity contribution in [2.24, 2.45) is 11.3 Å². The third-order valence-electron chi connectivity index (χ3n) is 7.01. The average molecular weight is 381 g/mol. The molecule has 1 aromatic heterocycles. The van der Waals surface area contributed by atoms with Gasteiger partial charge in [-0.1, -0.05) is 25.0 Å². The third kappa shape index (κ3) is 3.71. The predicted octanol–water partition coefficient (Wildman–Crippen LogP) is 4.93. The van der Waals surface area contributed by atoms with E-state index >= 15 is 0 Å². The molecule has 1 saturated heterocycles. The largest absolute Gasteiger partial charge is 0.326 e. The summed E-state index contributed by atoms with van der Waals surface area (Å²) >= 11 is 0. The van der Waals surface area contributed by atoms with Crippen LogP contribution in [0.2, 0.25) is 0 Å². The van der Waals surface area contributed by atoms with E-state index in [1.807, 2.05) is 24.7 Å². The number of nitrogens with zero attached hydrogens (tertiary/aromatic N) is 4. The van der Waals surface area contributed by atoms with Gasteiger partial charge in [-0.15, -0.1) is 0 Å². The first kappa shape index (κ1) is 19.1. The van der Waals surface area contributed by atoms with E-state index < -0.39 is 0 Å². The van der Waals surface area contributed by atoms with Gasteiger partial charge in [-0.3, -0.25) is 4.90 Å². The Balaban J connectivity index is 1.42. The zero-order valence-corrected chi connectivity index (χ0v) is 16.6. The summed E-state index contributed by atoms with van der Waals surface area (Å²) in [7, 11) is 0. The van der Waals surface area contributed by atoms with E-state index in [1.54, 1.807) is 0 Å². The van der Waals surface area contributed by atoms with E-state index in [9.17, 15) is 9.65 Å². The third-order valence-corrected chi connectivity index (χ3v) is 7.01. The van der Waals surface area contributed by atoms with E-state index in [1.165, 1.54) is 43.5 Å². The number of rotatable bonds is 5. The lowest BCUT2D eigenvalue weighted by molar-refractivity contribution is 0.0910. The van der Waals surface area contributed by atoms with Gasteiger partial charge in [0.05, 0.1) is 29.5 Å². The Bertz CT molecular complexity index is 821. The molecular weight excluding hydrogens is 351 g/mol. The summed E-state index contributed by atoms with van der Waals surface area (Å²) in [4.78, 5) is 6.82. The molecular formula is C23H29FN4. The maximum absolute atomic E-state index is 13.2. The van der Waals surface area contributed by atoms with Crippen molar-refractivity contribution in [2.45, 2.75) is 58.0 Å². The van der Waals surface area contributed by atoms with Crippen LogP contribution in [0.5, 0.6) is 0 Å². The number of piperidine rings is 1. The monoisotopic (exact) mass is 380 g/mol. The quantitative estimate of drug-likeness (QED) is 0.739. The van der Waals surface area contributed by atoms with Crippen molar-refractivity contribution in [3.05, 3.63) is 53.9 Å². The topological polar surface area (TPSA) is 44.9 Å². The molecule has 0 unspecified atom stereocenters. The molecule has 148 valence electrons. The van der Waals surface area contributed by atoms with Crippen LogP contribution in [-0.2, 0) is 6.54 Å². The normalized spacial score (nSPS) is 21.5. The van der Waals surface area contributed by atoms with Crippen molar-refractivity contribution in [1.82, 2.24) is 14.5 Å². The van der Waals surface area contributed by atoms with Crippen LogP contribution in [0.15, 0.2) is 36.8 Å². The summed E-state index contributed by atoms with van der Waals surface area (Å²) in [5.41, 5.74) is 2.14. The first-order valence-electron chi connectivity index (χ1n) is 10.5. The van der Waals surface area contributed by atoms with Gasteiger partial charge in [-0.2, -0.15) is 5.26 Å². The van der Waals surface area contributed by atoms with Gasteiger partial charge in [0.2, 0.25) is 0 Å². The number of hydrogen-bond acceptors (Lipinski definition) is 3. The predicted molar refractivity (Wildman–Crippen MR) is 107 cm³/mol. The fourth-order valence-corrected chi connectivity index (χ4v) is 5.13. The molecule has 2 aliphatic rings. The number of hydrogen-bond donors (Lipinski definition) is 0. The van der Waals surface area contributed by atoms with Gasteiger partial charge in [0.25, 0.3) is 0 Å². The van der Waals surface area contributed by atoms with Crippen molar-refractivity contribution in [3.63, 3.8) is 0 Å². The van der Waals surface area contributed by atoms with Gasteiger partial charge in [0.15, 0.2) is 0 Å². The maximum atomic E-state index is 13.2. The second-order valence-corrected chi connectivity index (χ2v) is 8.55. The Morgan fingerprint density at radius 2 is 1.89 bits per heavy atom. The van der Waals surface area contributed by atoms with E-state index in [0.717, 1.165) is 38.0 Å². The number of nitriles is 1. The molecule has 4 nitrogen and oxygen atoms in total. The molecule has 0 radical (unpaired) electrons. The molecule has 5 heteroatoms. The van der Waals surface area contributed by atoms with Crippen LogP contribution in [0.25, 0.3) is 0 Å². The van der Waals surface area contributed by atoms with Gasteiger partial charge >= 0.3 is 0 Å². The highest BCUT2D eigenvalue weighted by atomic mass is 19.1. The fraction of sp³-hybridized carbons (Fsp3) is 0.565. The molecule has 2 aromatic rings. The highest BCUT2D eigenvalue weighted by Gasteiger charge is 2.42. The van der Waals surface area contributed by atoms with Crippen LogP contribution < -0.4 is 0 Å². The van der Waals surface area contributed by atoms with Crippen molar-refractivity contribution >= 4 is 0 Å². The molecule has 2 heterocycles. The van der Waals surface area contributed by atoms with Crippen LogP contribution in [0.3, 0.4) is 0 Å². The van der Waals surface area contributed by atoms with Crippen molar-refractivity contribution < 1.29 is 4.39 Å². The highest BCUT2D eigenvalue weighted by Crippen LogP contribution is 2.46. The molecule has 0 N–H and O–H groups in total. The van der Waals surface area contributed by atoms with Gasteiger partial charge < -0.3 is 4.57 Å². The second kappa shape index (κ2) is 8.05. The molecule has 1 aliphatic heterocycles. The Hall–Kier alpha value is -2.19. The molecule has 1 atom stereocenters. The Kier molecular flexibility index (Phi) is 5.50. The second-order valence-electron chi connectivity index (χ2n) is 8.55. The number of benzene rings is 1. The van der Waals surface area contributed by atoms with E-state index in [-0.39, 0.29) is 17.3 Å². The minimum absolute atomic E-state index is 0.103. The molecule has 1 aliphatic carbocycles. The van der Waals surface area contributed by atoms with Gasteiger partial charge in [0.1, 0.15) is 5.82 Å². The van der Waals surface area contributed by atoms with Crippen molar-refractivity contribution in [3.8, 4) is 6.07 Å². The Labute approximate surface area is 167 Å². The van der Waals surface area contributed by atoms with Crippen LogP contribution in [0.4, 0.5) is 4.39 Å². The lowest BCUT2D eigenvalue weighted by atomic mass is 9.69. The van der Waals surface area contributed by atoms with Gasteiger partial charge in [0, 0.05) is 25.8 Å². The smallest absolute Gasteiger partial charge is 0.123 e. The summed E-state index contributed by atoms with van der Waals surface area (Å²) < 4.78 is 15.4. The van der Waals surface area contributed by atoms with Crippen LogP contribution >= 0.6 is 0 Å². The SMILES string of the molecule is C[C@H](c1ccc(F)cc1)n1cncc1CN1CCC(C#N)(C2CCCC2)CC1. The van der Waals surface area contributed by atoms with E-state index in [4.69, 9.17) is 0 Å². The molecule has 0 bridgehead atoms. The summed E-state index contributed by atoms with van der Waals surface area (Å²) in [6, 6.07) is 9.53. The lowest BCUT2D eigenvalue weighted by Crippen LogP contribution is -2.42. The highest BCUT2D eigenvalue weighted by molar-refractivity contribution is 5.21. The minimum atomic E-state index is -0.210. The van der Waals surface area contributed by atoms with Gasteiger partial charge in [-0.05, 0) is 56.2 Å². The van der Waals surface area contributed by atoms with Crippen LogP contribution in [-0.4, -0.2) is 27.5 Å². The van der Waals surface area contributed by atoms with Gasteiger partial charge in [-0.25, -0.2) is 9.37 Å². The summed E-state index contributed by atoms with van der Waals surface area (Å²) in [6.45, 7) is 4.91. The van der Waals surface area contributed by atoms with E-state index in [0.29, 0.717) is 5.92 Å². The first-order valence-corrected chi connectivity index (χ1v) is 10.5. The van der Waals surface area contributed by atoms with Crippen LogP contribution in [0, 0.1) is 28.5 Å². The Morgan fingerprint density at radius 3 is 2.54 bits per heavy atom. The molecule has 0 amide bonds. The zero-order valence-electron chi connectivity index (χ0n) is 16.6. The summed E-state index contributed by atoms with van der Waals surface area (Å²) in [5, 5.41) is 9.90. The summed E-state index contributed by atoms with van der Waals surface area (Å²) in [6.07, 6.45) is 10.8. The average Bonchev–Trinajstić information content (AvgIpc) is 3.41. The molecule has 1 saturated carbocycles. The van der Waals surface area contributed by atoms with Crippen molar-refractivity contribution in [2.75, 3.05) is 13.1 Å². The summed E-state index contributed by atoms with van der Waals surface area (Å²) in [5.74, 6) is 0.391. The maximum Gasteiger partial charge on any atom is 0.123 e. The lowest BCUT2D eigenvalue weighted by Gasteiger charge is -2.41. The standard InChI is InChI=1S/C23H29FN4/c1-18(19-6-8-21(24)9-7-19)28-17-26-14-22(28)15-27-12-10-23(16-25,11-13-27)20-4-2-3-5-20/h6-9,14,17-18,20H,2-5,10-13,15H2,1H3/t18-/m1/s1. The number of halogens is 1. The molecule has 28 heavy (non-hydrogen) atoms. The molecule has 2 fully saturated rings.